The Morgan fingerprint density at radius 2 is 2.20 bits per heavy atom. The van der Waals surface area contributed by atoms with E-state index in [1.54, 1.807) is 6.07 Å². The van der Waals surface area contributed by atoms with Gasteiger partial charge in [-0.2, -0.15) is 0 Å². The second-order valence-corrected chi connectivity index (χ2v) is 6.54. The molecule has 2 saturated heterocycles. The third-order valence-electron chi connectivity index (χ3n) is 4.56. The number of anilines is 1. The van der Waals surface area contributed by atoms with Gasteiger partial charge in [-0.1, -0.05) is 6.07 Å². The first-order chi connectivity index (χ1) is 11.9. The van der Waals surface area contributed by atoms with Crippen molar-refractivity contribution in [2.24, 2.45) is 0 Å². The van der Waals surface area contributed by atoms with E-state index < -0.39 is 6.36 Å². The highest BCUT2D eigenvalue weighted by Gasteiger charge is 2.31. The first-order valence-electron chi connectivity index (χ1n) is 8.52. The highest BCUT2D eigenvalue weighted by Crippen LogP contribution is 2.28. The van der Waals surface area contributed by atoms with E-state index in [-0.39, 0.29) is 23.7 Å². The van der Waals surface area contributed by atoms with Gasteiger partial charge >= 0.3 is 6.36 Å². The fourth-order valence-electron chi connectivity index (χ4n) is 3.43. The molecule has 0 bridgehead atoms. The van der Waals surface area contributed by atoms with Gasteiger partial charge in [0.25, 0.3) is 0 Å². The molecule has 1 aromatic carbocycles. The molecular weight excluding hydrogens is 335 g/mol. The van der Waals surface area contributed by atoms with E-state index in [0.29, 0.717) is 25.2 Å². The van der Waals surface area contributed by atoms with Crippen LogP contribution >= 0.6 is 0 Å². The van der Waals surface area contributed by atoms with Crippen LogP contribution < -0.4 is 20.3 Å². The summed E-state index contributed by atoms with van der Waals surface area (Å²) < 4.78 is 41.0. The van der Waals surface area contributed by atoms with Gasteiger partial charge in [0.2, 0.25) is 5.91 Å². The number of carbonyl (C=O) groups excluding carboxylic acids is 1. The highest BCUT2D eigenvalue weighted by atomic mass is 19.4. The van der Waals surface area contributed by atoms with Crippen LogP contribution in [-0.4, -0.2) is 44.0 Å². The molecule has 8 heteroatoms. The van der Waals surface area contributed by atoms with Crippen molar-refractivity contribution >= 4 is 11.6 Å². The predicted octanol–water partition coefficient (Wildman–Crippen LogP) is 2.42. The maximum atomic E-state index is 12.3. The lowest BCUT2D eigenvalue weighted by Crippen LogP contribution is -2.39. The van der Waals surface area contributed by atoms with E-state index in [4.69, 9.17) is 0 Å². The van der Waals surface area contributed by atoms with Crippen molar-refractivity contribution in [3.05, 3.63) is 24.3 Å². The number of carbonyl (C=O) groups is 1. The summed E-state index contributed by atoms with van der Waals surface area (Å²) in [5.41, 5.74) is 0.663. The Morgan fingerprint density at radius 3 is 2.92 bits per heavy atom. The minimum Gasteiger partial charge on any atom is -0.406 e. The van der Waals surface area contributed by atoms with Crippen LogP contribution in [0.3, 0.4) is 0 Å². The van der Waals surface area contributed by atoms with Gasteiger partial charge in [0.15, 0.2) is 0 Å². The largest absolute Gasteiger partial charge is 0.573 e. The van der Waals surface area contributed by atoms with Gasteiger partial charge in [0, 0.05) is 43.3 Å². The first-order valence-corrected chi connectivity index (χ1v) is 8.52. The first kappa shape index (κ1) is 17.8. The summed E-state index contributed by atoms with van der Waals surface area (Å²) in [5, 5.41) is 6.32. The number of nitrogens with zero attached hydrogens (tertiary/aromatic N) is 1. The molecule has 0 radical (unpaired) electrons. The van der Waals surface area contributed by atoms with Crippen LogP contribution in [0.15, 0.2) is 24.3 Å². The van der Waals surface area contributed by atoms with Crippen molar-refractivity contribution in [2.75, 3.05) is 24.5 Å². The van der Waals surface area contributed by atoms with Gasteiger partial charge in [-0.05, 0) is 37.9 Å². The predicted molar refractivity (Wildman–Crippen MR) is 87.5 cm³/mol. The SMILES string of the molecule is O=C(CC1CCCN1)NC1CCN(c2cccc(OC(F)(F)F)c2)C1. The summed E-state index contributed by atoms with van der Waals surface area (Å²) in [6.07, 6.45) is -1.32. The standard InChI is InChI=1S/C17H22F3N3O2/c18-17(19,20)25-15-5-1-4-14(10-15)23-8-6-13(11-23)22-16(24)9-12-3-2-7-21-12/h1,4-5,10,12-13,21H,2-3,6-9,11H2,(H,22,24). The molecule has 2 aliphatic heterocycles. The average Bonchev–Trinajstić information content (AvgIpc) is 3.17. The number of hydrogen-bond donors (Lipinski definition) is 2. The summed E-state index contributed by atoms with van der Waals surface area (Å²) in [4.78, 5) is 14.1. The number of halogens is 3. The minimum atomic E-state index is -4.70. The summed E-state index contributed by atoms with van der Waals surface area (Å²) in [7, 11) is 0. The van der Waals surface area contributed by atoms with Crippen molar-refractivity contribution in [1.82, 2.24) is 10.6 Å². The van der Waals surface area contributed by atoms with Crippen molar-refractivity contribution in [3.8, 4) is 5.75 Å². The smallest absolute Gasteiger partial charge is 0.406 e. The quantitative estimate of drug-likeness (QED) is 0.850. The lowest BCUT2D eigenvalue weighted by atomic mass is 10.1. The fraction of sp³-hybridized carbons (Fsp3) is 0.588. The molecule has 2 unspecified atom stereocenters. The number of alkyl halides is 3. The lowest BCUT2D eigenvalue weighted by molar-refractivity contribution is -0.274. The molecule has 0 spiro atoms. The van der Waals surface area contributed by atoms with Crippen LogP contribution in [0.1, 0.15) is 25.7 Å². The molecule has 2 N–H and O–H groups in total. The van der Waals surface area contributed by atoms with Crippen LogP contribution in [0.5, 0.6) is 5.75 Å². The summed E-state index contributed by atoms with van der Waals surface area (Å²) in [6.45, 7) is 2.23. The van der Waals surface area contributed by atoms with Crippen LogP contribution in [0, 0.1) is 0 Å². The molecular formula is C17H22F3N3O2. The van der Waals surface area contributed by atoms with E-state index in [9.17, 15) is 18.0 Å². The fourth-order valence-corrected chi connectivity index (χ4v) is 3.43. The molecule has 0 saturated carbocycles. The van der Waals surface area contributed by atoms with E-state index in [0.717, 1.165) is 25.8 Å². The number of rotatable bonds is 5. The maximum Gasteiger partial charge on any atom is 0.573 e. The molecule has 2 aliphatic rings. The zero-order valence-electron chi connectivity index (χ0n) is 13.8. The molecule has 2 fully saturated rings. The average molecular weight is 357 g/mol. The molecule has 138 valence electrons. The second kappa shape index (κ2) is 7.51. The Bertz CT molecular complexity index is 603. The minimum absolute atomic E-state index is 0.0149. The molecule has 0 aliphatic carbocycles. The van der Waals surface area contributed by atoms with Crippen molar-refractivity contribution in [2.45, 2.75) is 44.1 Å². The van der Waals surface area contributed by atoms with E-state index in [2.05, 4.69) is 15.4 Å². The highest BCUT2D eigenvalue weighted by molar-refractivity contribution is 5.77. The number of nitrogens with one attached hydrogen (secondary N) is 2. The Balaban J connectivity index is 1.52. The molecule has 2 heterocycles. The topological polar surface area (TPSA) is 53.6 Å². The Morgan fingerprint density at radius 1 is 1.36 bits per heavy atom. The van der Waals surface area contributed by atoms with Crippen molar-refractivity contribution in [3.63, 3.8) is 0 Å². The van der Waals surface area contributed by atoms with Gasteiger partial charge in [0.05, 0.1) is 0 Å². The summed E-state index contributed by atoms with van der Waals surface area (Å²) >= 11 is 0. The normalized spacial score (nSPS) is 23.7. The zero-order valence-corrected chi connectivity index (χ0v) is 13.8. The maximum absolute atomic E-state index is 12.3. The molecule has 3 rings (SSSR count). The molecule has 2 atom stereocenters. The van der Waals surface area contributed by atoms with Gasteiger partial charge < -0.3 is 20.3 Å². The molecule has 1 amide bonds. The van der Waals surface area contributed by atoms with Crippen LogP contribution in [0.2, 0.25) is 0 Å². The lowest BCUT2D eigenvalue weighted by Gasteiger charge is -2.20. The monoisotopic (exact) mass is 357 g/mol. The van der Waals surface area contributed by atoms with E-state index in [1.165, 1.54) is 18.2 Å². The molecule has 0 aromatic heterocycles. The molecule has 5 nitrogen and oxygen atoms in total. The van der Waals surface area contributed by atoms with Crippen LogP contribution in [0.4, 0.5) is 18.9 Å². The number of hydrogen-bond acceptors (Lipinski definition) is 4. The van der Waals surface area contributed by atoms with Gasteiger partial charge in [-0.25, -0.2) is 0 Å². The van der Waals surface area contributed by atoms with E-state index in [1.807, 2.05) is 4.90 Å². The van der Waals surface area contributed by atoms with Gasteiger partial charge in [-0.3, -0.25) is 4.79 Å². The van der Waals surface area contributed by atoms with Crippen LogP contribution in [0.25, 0.3) is 0 Å². The van der Waals surface area contributed by atoms with Crippen molar-refractivity contribution < 1.29 is 22.7 Å². The number of amides is 1. The van der Waals surface area contributed by atoms with Crippen molar-refractivity contribution in [1.29, 1.82) is 0 Å². The summed E-state index contributed by atoms with van der Waals surface area (Å²) in [6, 6.07) is 6.21. The Labute approximate surface area is 144 Å². The second-order valence-electron chi connectivity index (χ2n) is 6.54. The number of ether oxygens (including phenoxy) is 1. The van der Waals surface area contributed by atoms with Crippen LogP contribution in [-0.2, 0) is 4.79 Å². The third kappa shape index (κ3) is 5.26. The third-order valence-corrected chi connectivity index (χ3v) is 4.56. The van der Waals surface area contributed by atoms with Gasteiger partial charge in [-0.15, -0.1) is 13.2 Å². The van der Waals surface area contributed by atoms with E-state index >= 15 is 0 Å². The Kier molecular flexibility index (Phi) is 5.36. The number of benzene rings is 1. The summed E-state index contributed by atoms with van der Waals surface area (Å²) in [5.74, 6) is -0.204. The van der Waals surface area contributed by atoms with Gasteiger partial charge in [0.1, 0.15) is 5.75 Å². The Hall–Kier alpha value is -1.96. The molecule has 25 heavy (non-hydrogen) atoms. The molecule has 1 aromatic rings. The zero-order chi connectivity index (χ0) is 17.9.